The Labute approximate surface area is 201 Å². The molecule has 1 aliphatic heterocycles. The molecule has 0 saturated heterocycles. The summed E-state index contributed by atoms with van der Waals surface area (Å²) < 4.78 is 18.1. The number of thiazole rings is 1. The maximum Gasteiger partial charge on any atom is 0.338 e. The summed E-state index contributed by atoms with van der Waals surface area (Å²) in [5.41, 5.74) is 3.39. The molecule has 0 saturated carbocycles. The standard InChI is InChI=1S/C26H26N2O5S/c1-6-33-25(30)22-16(3)27-26-28(23(22)18-10-7-15(2)8-11-18)24(29)21(34-26)14-17-9-12-19(31-4)20(13-17)32-5/h7-14,23H,6H2,1-5H3/t23-/m0/s1. The van der Waals surface area contributed by atoms with Crippen LogP contribution in [0, 0.1) is 6.92 Å². The lowest BCUT2D eigenvalue weighted by Crippen LogP contribution is -2.39. The first-order valence-corrected chi connectivity index (χ1v) is 11.7. The third-order valence-electron chi connectivity index (χ3n) is 5.62. The number of carbonyl (C=O) groups is 1. The van der Waals surface area contributed by atoms with Crippen molar-refractivity contribution < 1.29 is 19.0 Å². The van der Waals surface area contributed by atoms with Crippen LogP contribution in [0.4, 0.5) is 0 Å². The lowest BCUT2D eigenvalue weighted by atomic mass is 9.95. The van der Waals surface area contributed by atoms with Gasteiger partial charge in [-0.3, -0.25) is 9.36 Å². The highest BCUT2D eigenvalue weighted by molar-refractivity contribution is 7.07. The van der Waals surface area contributed by atoms with Crippen molar-refractivity contribution in [3.63, 3.8) is 0 Å². The van der Waals surface area contributed by atoms with Gasteiger partial charge in [0.25, 0.3) is 5.56 Å². The first-order valence-electron chi connectivity index (χ1n) is 10.9. The molecule has 2 heterocycles. The summed E-state index contributed by atoms with van der Waals surface area (Å²) in [6.45, 7) is 5.76. The second-order valence-corrected chi connectivity index (χ2v) is 8.84. The number of hydrogen-bond acceptors (Lipinski definition) is 7. The molecule has 8 heteroatoms. The summed E-state index contributed by atoms with van der Waals surface area (Å²) >= 11 is 1.28. The predicted octanol–water partition coefficient (Wildman–Crippen LogP) is 3.12. The van der Waals surface area contributed by atoms with Crippen LogP contribution in [0.15, 0.2) is 63.5 Å². The van der Waals surface area contributed by atoms with Gasteiger partial charge in [0.15, 0.2) is 16.3 Å². The number of aromatic nitrogens is 1. The Morgan fingerprint density at radius 3 is 2.44 bits per heavy atom. The fraction of sp³-hybridized carbons (Fsp3) is 0.269. The number of nitrogens with zero attached hydrogens (tertiary/aromatic N) is 2. The van der Waals surface area contributed by atoms with Crippen molar-refractivity contribution in [2.24, 2.45) is 4.99 Å². The molecule has 0 aliphatic carbocycles. The van der Waals surface area contributed by atoms with E-state index < -0.39 is 12.0 Å². The van der Waals surface area contributed by atoms with E-state index in [-0.39, 0.29) is 12.2 Å². The van der Waals surface area contributed by atoms with Gasteiger partial charge in [0.2, 0.25) is 0 Å². The van der Waals surface area contributed by atoms with E-state index in [0.717, 1.165) is 16.7 Å². The predicted molar refractivity (Wildman–Crippen MR) is 131 cm³/mol. The number of carbonyl (C=O) groups excluding carboxylic acids is 1. The van der Waals surface area contributed by atoms with Crippen molar-refractivity contribution >= 4 is 23.4 Å². The van der Waals surface area contributed by atoms with Crippen molar-refractivity contribution in [3.8, 4) is 11.5 Å². The third kappa shape index (κ3) is 4.28. The van der Waals surface area contributed by atoms with Crippen molar-refractivity contribution in [2.45, 2.75) is 26.8 Å². The van der Waals surface area contributed by atoms with Crippen LogP contribution < -0.4 is 24.4 Å². The average Bonchev–Trinajstić information content (AvgIpc) is 3.13. The molecule has 0 amide bonds. The molecule has 7 nitrogen and oxygen atoms in total. The highest BCUT2D eigenvalue weighted by Gasteiger charge is 2.33. The molecule has 0 fully saturated rings. The summed E-state index contributed by atoms with van der Waals surface area (Å²) in [4.78, 5) is 31.7. The smallest absolute Gasteiger partial charge is 0.338 e. The molecule has 176 valence electrons. The zero-order chi connectivity index (χ0) is 24.4. The maximum absolute atomic E-state index is 13.6. The van der Waals surface area contributed by atoms with Crippen molar-refractivity contribution in [3.05, 3.63) is 90.1 Å². The number of aryl methyl sites for hydroxylation is 1. The molecule has 0 spiro atoms. The molecule has 0 radical (unpaired) electrons. The van der Waals surface area contributed by atoms with E-state index in [1.165, 1.54) is 11.3 Å². The normalized spacial score (nSPS) is 15.6. The van der Waals surface area contributed by atoms with Crippen molar-refractivity contribution in [2.75, 3.05) is 20.8 Å². The van der Waals surface area contributed by atoms with Gasteiger partial charge in [-0.15, -0.1) is 0 Å². The van der Waals surface area contributed by atoms with E-state index in [1.54, 1.807) is 44.8 Å². The summed E-state index contributed by atoms with van der Waals surface area (Å²) in [6.07, 6.45) is 1.79. The topological polar surface area (TPSA) is 79.1 Å². The van der Waals surface area contributed by atoms with Gasteiger partial charge in [-0.2, -0.15) is 0 Å². The Morgan fingerprint density at radius 2 is 1.79 bits per heavy atom. The molecule has 34 heavy (non-hydrogen) atoms. The van der Waals surface area contributed by atoms with Gasteiger partial charge in [0.05, 0.1) is 42.7 Å². The van der Waals surface area contributed by atoms with Gasteiger partial charge in [0.1, 0.15) is 0 Å². The number of esters is 1. The molecule has 0 bridgehead atoms. The number of rotatable bonds is 6. The first-order chi connectivity index (χ1) is 16.4. The van der Waals surface area contributed by atoms with Crippen molar-refractivity contribution in [1.29, 1.82) is 0 Å². The maximum atomic E-state index is 13.6. The van der Waals surface area contributed by atoms with Crippen LogP contribution in [0.1, 0.15) is 36.6 Å². The minimum absolute atomic E-state index is 0.224. The van der Waals surface area contributed by atoms with E-state index in [4.69, 9.17) is 14.2 Å². The van der Waals surface area contributed by atoms with Crippen LogP contribution in [-0.4, -0.2) is 31.4 Å². The van der Waals surface area contributed by atoms with Crippen LogP contribution in [0.2, 0.25) is 0 Å². The van der Waals surface area contributed by atoms with Crippen LogP contribution in [0.3, 0.4) is 0 Å². The Morgan fingerprint density at radius 1 is 1.09 bits per heavy atom. The summed E-state index contributed by atoms with van der Waals surface area (Å²) in [7, 11) is 3.14. The highest BCUT2D eigenvalue weighted by atomic mass is 32.1. The molecule has 4 rings (SSSR count). The van der Waals surface area contributed by atoms with Gasteiger partial charge >= 0.3 is 5.97 Å². The monoisotopic (exact) mass is 478 g/mol. The molecular weight excluding hydrogens is 452 g/mol. The Bertz CT molecular complexity index is 1450. The molecule has 0 unspecified atom stereocenters. The molecule has 1 aliphatic rings. The van der Waals surface area contributed by atoms with E-state index >= 15 is 0 Å². The molecule has 1 atom stereocenters. The van der Waals surface area contributed by atoms with Gasteiger partial charge in [-0.25, -0.2) is 9.79 Å². The van der Waals surface area contributed by atoms with Crippen LogP contribution in [0.25, 0.3) is 6.08 Å². The lowest BCUT2D eigenvalue weighted by molar-refractivity contribution is -0.139. The van der Waals surface area contributed by atoms with Gasteiger partial charge in [0, 0.05) is 0 Å². The Balaban J connectivity index is 1.92. The summed E-state index contributed by atoms with van der Waals surface area (Å²) in [5, 5.41) is 0. The first kappa shape index (κ1) is 23.5. The van der Waals surface area contributed by atoms with E-state index in [9.17, 15) is 9.59 Å². The second-order valence-electron chi connectivity index (χ2n) is 7.83. The number of ether oxygens (including phenoxy) is 3. The van der Waals surface area contributed by atoms with Crippen LogP contribution in [0.5, 0.6) is 11.5 Å². The van der Waals surface area contributed by atoms with Gasteiger partial charge in [-0.05, 0) is 50.1 Å². The van der Waals surface area contributed by atoms with E-state index in [0.29, 0.717) is 32.1 Å². The van der Waals surface area contributed by atoms with Crippen molar-refractivity contribution in [1.82, 2.24) is 4.57 Å². The number of allylic oxidation sites excluding steroid dienone is 1. The minimum Gasteiger partial charge on any atom is -0.493 e. The van der Waals surface area contributed by atoms with Gasteiger partial charge < -0.3 is 14.2 Å². The average molecular weight is 479 g/mol. The molecule has 1 aromatic heterocycles. The van der Waals surface area contributed by atoms with E-state index in [2.05, 4.69) is 4.99 Å². The molecular formula is C26H26N2O5S. The Hall–Kier alpha value is -3.65. The number of methoxy groups -OCH3 is 2. The third-order valence-corrected chi connectivity index (χ3v) is 6.60. The summed E-state index contributed by atoms with van der Waals surface area (Å²) in [5.74, 6) is 0.709. The second kappa shape index (κ2) is 9.69. The number of fused-ring (bicyclic) bond motifs is 1. The zero-order valence-electron chi connectivity index (χ0n) is 19.7. The van der Waals surface area contributed by atoms with E-state index in [1.807, 2.05) is 43.3 Å². The quantitative estimate of drug-likeness (QED) is 0.509. The Kier molecular flexibility index (Phi) is 6.70. The zero-order valence-corrected chi connectivity index (χ0v) is 20.6. The van der Waals surface area contributed by atoms with Gasteiger partial charge in [-0.1, -0.05) is 47.2 Å². The lowest BCUT2D eigenvalue weighted by Gasteiger charge is -2.24. The molecule has 3 aromatic rings. The number of benzene rings is 2. The highest BCUT2D eigenvalue weighted by Crippen LogP contribution is 2.31. The van der Waals surface area contributed by atoms with Crippen LogP contribution in [-0.2, 0) is 9.53 Å². The fourth-order valence-electron chi connectivity index (χ4n) is 3.95. The molecule has 2 aromatic carbocycles. The summed E-state index contributed by atoms with van der Waals surface area (Å²) in [6, 6.07) is 12.6. The number of hydrogen-bond donors (Lipinski definition) is 0. The SMILES string of the molecule is CCOC(=O)C1=C(C)N=c2sc(=Cc3ccc(OC)c(OC)c3)c(=O)n2[C@H]1c1ccc(C)cc1. The largest absolute Gasteiger partial charge is 0.493 e. The fourth-order valence-corrected chi connectivity index (χ4v) is 5.00. The minimum atomic E-state index is -0.622. The van der Waals surface area contributed by atoms with Crippen LogP contribution >= 0.6 is 11.3 Å². The molecule has 0 N–H and O–H groups in total.